The summed E-state index contributed by atoms with van der Waals surface area (Å²) in [4.78, 5) is 25.9. The van der Waals surface area contributed by atoms with Crippen LogP contribution in [0.5, 0.6) is 0 Å². The summed E-state index contributed by atoms with van der Waals surface area (Å²) in [6, 6.07) is 16.6. The number of benzene rings is 2. The van der Waals surface area contributed by atoms with Gasteiger partial charge in [-0.15, -0.1) is 0 Å². The lowest BCUT2D eigenvalue weighted by molar-refractivity contribution is 0.0651. The molecule has 1 fully saturated rings. The number of primary amides is 1. The molecule has 3 rings (SSSR count). The fourth-order valence-corrected chi connectivity index (χ4v) is 3.54. The van der Waals surface area contributed by atoms with Gasteiger partial charge in [-0.25, -0.2) is 4.79 Å². The van der Waals surface area contributed by atoms with E-state index >= 15 is 0 Å². The second-order valence-corrected chi connectivity index (χ2v) is 6.83. The number of carbonyl (C=O) groups excluding carboxylic acids is 2. The third kappa shape index (κ3) is 3.82. The maximum Gasteiger partial charge on any atom is 0.316 e. The van der Waals surface area contributed by atoms with Crippen LogP contribution in [0.15, 0.2) is 54.6 Å². The van der Waals surface area contributed by atoms with E-state index in [1.807, 2.05) is 23.1 Å². The summed E-state index contributed by atoms with van der Waals surface area (Å²) in [6.45, 7) is 3.64. The van der Waals surface area contributed by atoms with Crippen molar-refractivity contribution in [3.05, 3.63) is 65.7 Å². The first-order valence-corrected chi connectivity index (χ1v) is 8.49. The van der Waals surface area contributed by atoms with E-state index in [4.69, 9.17) is 5.73 Å². The Balaban J connectivity index is 1.79. The lowest BCUT2D eigenvalue weighted by Crippen LogP contribution is -2.47. The highest BCUT2D eigenvalue weighted by atomic mass is 16.2. The number of hydrogen-bond acceptors (Lipinski definition) is 2. The Bertz CT molecular complexity index is 776. The average Bonchev–Trinajstić information content (AvgIpc) is 2.61. The number of piperidine rings is 1. The molecule has 1 unspecified atom stereocenters. The molecule has 0 bridgehead atoms. The monoisotopic (exact) mass is 337 g/mol. The molecule has 0 aliphatic carbocycles. The van der Waals surface area contributed by atoms with Crippen LogP contribution in [-0.4, -0.2) is 29.9 Å². The molecule has 5 heteroatoms. The maximum atomic E-state index is 12.9. The molecular weight excluding hydrogens is 314 g/mol. The van der Waals surface area contributed by atoms with Crippen molar-refractivity contribution in [1.82, 2.24) is 4.90 Å². The molecule has 1 saturated heterocycles. The number of rotatable bonds is 3. The molecule has 0 radical (unpaired) electrons. The zero-order chi connectivity index (χ0) is 17.9. The van der Waals surface area contributed by atoms with Crippen molar-refractivity contribution < 1.29 is 9.59 Å². The van der Waals surface area contributed by atoms with E-state index in [1.165, 1.54) is 5.56 Å². The van der Waals surface area contributed by atoms with Crippen molar-refractivity contribution in [2.75, 3.05) is 18.4 Å². The Hall–Kier alpha value is -2.82. The van der Waals surface area contributed by atoms with Gasteiger partial charge in [0.25, 0.3) is 5.91 Å². The minimum atomic E-state index is -0.640. The summed E-state index contributed by atoms with van der Waals surface area (Å²) in [5.74, 6) is -0.0185. The highest BCUT2D eigenvalue weighted by Gasteiger charge is 2.34. The quantitative estimate of drug-likeness (QED) is 0.901. The van der Waals surface area contributed by atoms with E-state index in [2.05, 4.69) is 24.4 Å². The van der Waals surface area contributed by atoms with Gasteiger partial charge in [0.1, 0.15) is 0 Å². The zero-order valence-corrected chi connectivity index (χ0v) is 14.4. The van der Waals surface area contributed by atoms with Crippen molar-refractivity contribution >= 4 is 17.6 Å². The predicted molar refractivity (Wildman–Crippen MR) is 98.6 cm³/mol. The SMILES string of the molecule is CC1(c2ccccc2)CCCN(C(=O)c2cccc(NC(N)=O)c2)C1. The second kappa shape index (κ2) is 6.97. The number of likely N-dealkylation sites (tertiary alicyclic amines) is 1. The van der Waals surface area contributed by atoms with E-state index in [1.54, 1.807) is 24.3 Å². The molecule has 1 aliphatic rings. The van der Waals surface area contributed by atoms with Gasteiger partial charge in [-0.3, -0.25) is 4.79 Å². The normalized spacial score (nSPS) is 20.1. The summed E-state index contributed by atoms with van der Waals surface area (Å²) < 4.78 is 0. The topological polar surface area (TPSA) is 75.4 Å². The van der Waals surface area contributed by atoms with Gasteiger partial charge < -0.3 is 16.0 Å². The molecule has 3 N–H and O–H groups in total. The summed E-state index contributed by atoms with van der Waals surface area (Å²) in [5.41, 5.74) is 7.45. The van der Waals surface area contributed by atoms with Crippen LogP contribution in [0.2, 0.25) is 0 Å². The van der Waals surface area contributed by atoms with E-state index in [0.29, 0.717) is 17.8 Å². The van der Waals surface area contributed by atoms with Crippen LogP contribution in [-0.2, 0) is 5.41 Å². The molecule has 130 valence electrons. The molecule has 1 heterocycles. The Morgan fingerprint density at radius 3 is 2.60 bits per heavy atom. The van der Waals surface area contributed by atoms with Gasteiger partial charge in [-0.05, 0) is 36.6 Å². The van der Waals surface area contributed by atoms with E-state index in [0.717, 1.165) is 19.4 Å². The summed E-state index contributed by atoms with van der Waals surface area (Å²) >= 11 is 0. The van der Waals surface area contributed by atoms with Gasteiger partial charge in [-0.1, -0.05) is 43.3 Å². The van der Waals surface area contributed by atoms with Gasteiger partial charge in [0.2, 0.25) is 0 Å². The standard InChI is InChI=1S/C20H23N3O2/c1-20(16-8-3-2-4-9-16)11-6-12-23(14-20)18(24)15-7-5-10-17(13-15)22-19(21)25/h2-5,7-10,13H,6,11-12,14H2,1H3,(H3,21,22,25). The van der Waals surface area contributed by atoms with Gasteiger partial charge in [0, 0.05) is 29.8 Å². The number of hydrogen-bond donors (Lipinski definition) is 2. The molecule has 1 atom stereocenters. The van der Waals surface area contributed by atoms with Crippen molar-refractivity contribution in [3.63, 3.8) is 0 Å². The molecule has 1 aliphatic heterocycles. The Morgan fingerprint density at radius 1 is 1.12 bits per heavy atom. The molecule has 0 saturated carbocycles. The lowest BCUT2D eigenvalue weighted by atomic mass is 9.76. The first kappa shape index (κ1) is 17.0. The molecule has 0 spiro atoms. The van der Waals surface area contributed by atoms with E-state index in [-0.39, 0.29) is 11.3 Å². The van der Waals surface area contributed by atoms with Crippen LogP contribution in [0.1, 0.15) is 35.7 Å². The fourth-order valence-electron chi connectivity index (χ4n) is 3.54. The molecule has 2 aromatic carbocycles. The average molecular weight is 337 g/mol. The van der Waals surface area contributed by atoms with Crippen molar-refractivity contribution in [3.8, 4) is 0 Å². The Kier molecular flexibility index (Phi) is 4.74. The van der Waals surface area contributed by atoms with E-state index < -0.39 is 6.03 Å². The number of nitrogens with two attached hydrogens (primary N) is 1. The highest BCUT2D eigenvalue weighted by molar-refractivity contribution is 5.96. The second-order valence-electron chi connectivity index (χ2n) is 6.83. The third-order valence-electron chi connectivity index (χ3n) is 4.83. The lowest BCUT2D eigenvalue weighted by Gasteiger charge is -2.41. The Labute approximate surface area is 147 Å². The van der Waals surface area contributed by atoms with Crippen molar-refractivity contribution in [1.29, 1.82) is 0 Å². The van der Waals surface area contributed by atoms with Gasteiger partial charge in [-0.2, -0.15) is 0 Å². The summed E-state index contributed by atoms with van der Waals surface area (Å²) in [5, 5.41) is 2.51. The van der Waals surface area contributed by atoms with Crippen LogP contribution >= 0.6 is 0 Å². The molecule has 2 aromatic rings. The number of nitrogens with one attached hydrogen (secondary N) is 1. The fraction of sp³-hybridized carbons (Fsp3) is 0.300. The Morgan fingerprint density at radius 2 is 1.88 bits per heavy atom. The number of carbonyl (C=O) groups is 2. The third-order valence-corrected chi connectivity index (χ3v) is 4.83. The van der Waals surface area contributed by atoms with Gasteiger partial charge >= 0.3 is 6.03 Å². The van der Waals surface area contributed by atoms with Crippen LogP contribution in [0.25, 0.3) is 0 Å². The summed E-state index contributed by atoms with van der Waals surface area (Å²) in [6.07, 6.45) is 2.03. The van der Waals surface area contributed by atoms with Crippen LogP contribution < -0.4 is 11.1 Å². The first-order valence-electron chi connectivity index (χ1n) is 8.49. The van der Waals surface area contributed by atoms with E-state index in [9.17, 15) is 9.59 Å². The minimum absolute atomic E-state index is 0.0185. The van der Waals surface area contributed by atoms with Gasteiger partial charge in [0.05, 0.1) is 0 Å². The number of anilines is 1. The smallest absolute Gasteiger partial charge is 0.316 e. The number of amides is 3. The molecular formula is C20H23N3O2. The van der Waals surface area contributed by atoms with Crippen molar-refractivity contribution in [2.24, 2.45) is 5.73 Å². The molecule has 0 aromatic heterocycles. The largest absolute Gasteiger partial charge is 0.351 e. The molecule has 25 heavy (non-hydrogen) atoms. The first-order chi connectivity index (χ1) is 12.0. The molecule has 3 amide bonds. The molecule has 5 nitrogen and oxygen atoms in total. The van der Waals surface area contributed by atoms with Crippen LogP contribution in [0.3, 0.4) is 0 Å². The maximum absolute atomic E-state index is 12.9. The summed E-state index contributed by atoms with van der Waals surface area (Å²) in [7, 11) is 0. The van der Waals surface area contributed by atoms with Crippen LogP contribution in [0.4, 0.5) is 10.5 Å². The van der Waals surface area contributed by atoms with Gasteiger partial charge in [0.15, 0.2) is 0 Å². The minimum Gasteiger partial charge on any atom is -0.351 e. The number of urea groups is 1. The highest BCUT2D eigenvalue weighted by Crippen LogP contribution is 2.34. The predicted octanol–water partition coefficient (Wildman–Crippen LogP) is 3.37. The van der Waals surface area contributed by atoms with Crippen molar-refractivity contribution in [2.45, 2.75) is 25.2 Å². The van der Waals surface area contributed by atoms with Crippen LogP contribution in [0, 0.1) is 0 Å². The zero-order valence-electron chi connectivity index (χ0n) is 14.4. The number of nitrogens with zero attached hydrogens (tertiary/aromatic N) is 1.